The number of phosphoric acid groups is 1. The molecule has 2 aromatic carbocycles. The zero-order chi connectivity index (χ0) is 40.1. The van der Waals surface area contributed by atoms with Crippen molar-refractivity contribution in [1.29, 1.82) is 0 Å². The van der Waals surface area contributed by atoms with Crippen molar-refractivity contribution >= 4 is 59.6 Å². The maximum Gasteiger partial charge on any atom is 0.472 e. The molecule has 1 atom stereocenters. The Bertz CT molecular complexity index is 2120. The maximum atomic E-state index is 14.5. The zero-order valence-corrected chi connectivity index (χ0v) is 31.5. The number of rotatable bonds is 20. The van der Waals surface area contributed by atoms with E-state index in [-0.39, 0.29) is 88.5 Å². The van der Waals surface area contributed by atoms with Gasteiger partial charge in [-0.15, -0.1) is 0 Å². The van der Waals surface area contributed by atoms with Gasteiger partial charge in [0, 0.05) is 66.8 Å². The first-order valence-corrected chi connectivity index (χ1v) is 19.3. The van der Waals surface area contributed by atoms with E-state index in [0.29, 0.717) is 44.5 Å². The van der Waals surface area contributed by atoms with E-state index < -0.39 is 36.6 Å². The Morgan fingerprint density at radius 3 is 2.20 bits per heavy atom. The Morgan fingerprint density at radius 1 is 0.855 bits per heavy atom. The summed E-state index contributed by atoms with van der Waals surface area (Å²) < 4.78 is 55.3. The van der Waals surface area contributed by atoms with E-state index >= 15 is 0 Å². The Kier molecular flexibility index (Phi) is 15.6. The van der Waals surface area contributed by atoms with Crippen LogP contribution in [-0.2, 0) is 23.2 Å². The van der Waals surface area contributed by atoms with E-state index in [9.17, 15) is 47.6 Å². The van der Waals surface area contributed by atoms with Gasteiger partial charge in [0.1, 0.15) is 11.3 Å². The van der Waals surface area contributed by atoms with Gasteiger partial charge in [0.15, 0.2) is 22.5 Å². The number of anilines is 1. The molecular weight excluding hydrogens is 765 g/mol. The number of hydrogen-bond acceptors (Lipinski definition) is 10. The van der Waals surface area contributed by atoms with Crippen LogP contribution in [0.4, 0.5) is 14.5 Å². The first-order valence-electron chi connectivity index (χ1n) is 17.4. The second kappa shape index (κ2) is 20.1. The highest BCUT2D eigenvalue weighted by Gasteiger charge is 2.25. The van der Waals surface area contributed by atoms with Crippen molar-refractivity contribution in [2.75, 3.05) is 38.2 Å². The lowest BCUT2D eigenvalue weighted by Crippen LogP contribution is -2.29. The minimum Gasteiger partial charge on any atom is -0.505 e. The summed E-state index contributed by atoms with van der Waals surface area (Å²) in [4.78, 5) is 57.8. The number of aromatic hydroxyl groups is 1. The molecular formula is C36H41F2N4O11PS. The van der Waals surface area contributed by atoms with Gasteiger partial charge in [0.2, 0.25) is 17.2 Å². The molecule has 55 heavy (non-hydrogen) atoms. The normalized spacial score (nSPS) is 12.3. The Labute approximate surface area is 319 Å². The number of phenolic OH excluding ortho intramolecular Hbond substituents is 1. The first-order chi connectivity index (χ1) is 26.2. The van der Waals surface area contributed by atoms with Crippen LogP contribution in [0.15, 0.2) is 51.7 Å². The van der Waals surface area contributed by atoms with Crippen LogP contribution < -0.4 is 26.7 Å². The smallest absolute Gasteiger partial charge is 0.472 e. The van der Waals surface area contributed by atoms with Gasteiger partial charge in [-0.1, -0.05) is 6.07 Å². The number of fused-ring (bicyclic) bond motifs is 2. The van der Waals surface area contributed by atoms with E-state index in [4.69, 9.17) is 21.2 Å². The van der Waals surface area contributed by atoms with Crippen LogP contribution >= 0.6 is 20.0 Å². The highest BCUT2D eigenvalue weighted by Crippen LogP contribution is 2.44. The molecule has 0 radical (unpaired) electrons. The molecule has 15 nitrogen and oxygen atoms in total. The fourth-order valence-electron chi connectivity index (χ4n) is 5.54. The Hall–Kier alpha value is -5.00. The predicted molar refractivity (Wildman–Crippen MR) is 203 cm³/mol. The third kappa shape index (κ3) is 12.5. The molecule has 2 aromatic rings. The van der Waals surface area contributed by atoms with Crippen molar-refractivity contribution in [2.45, 2.75) is 51.9 Å². The lowest BCUT2D eigenvalue weighted by Gasteiger charge is -2.18. The van der Waals surface area contributed by atoms with Crippen LogP contribution in [0, 0.1) is 11.6 Å². The minimum atomic E-state index is -4.10. The number of carboxylic acid groups (broad SMARTS) is 1. The Balaban J connectivity index is 1.20. The molecule has 0 bridgehead atoms. The largest absolute Gasteiger partial charge is 0.505 e. The topological polar surface area (TPSA) is 226 Å². The fraction of sp³-hybridized carbons (Fsp3) is 0.361. The lowest BCUT2D eigenvalue weighted by atomic mass is 9.90. The van der Waals surface area contributed by atoms with Gasteiger partial charge in [-0.05, 0) is 81.1 Å². The zero-order valence-electron chi connectivity index (χ0n) is 29.7. The van der Waals surface area contributed by atoms with E-state index in [2.05, 4.69) is 25.8 Å². The number of benzene rings is 3. The molecule has 2 aliphatic rings. The number of carbonyl (C=O) groups excluding carboxylic acids is 2. The van der Waals surface area contributed by atoms with Crippen LogP contribution in [0.25, 0.3) is 33.4 Å². The average Bonchev–Trinajstić information content (AvgIpc) is 3.12. The molecule has 0 saturated carbocycles. The number of carbonyl (C=O) groups is 3. The van der Waals surface area contributed by atoms with Crippen molar-refractivity contribution in [3.05, 3.63) is 69.9 Å². The highest BCUT2D eigenvalue weighted by atomic mass is 32.1. The number of halogens is 2. The molecule has 296 valence electrons. The van der Waals surface area contributed by atoms with E-state index in [1.807, 2.05) is 0 Å². The number of thiocarbonyl (C=S) groups is 1. The van der Waals surface area contributed by atoms with Crippen LogP contribution in [-0.4, -0.2) is 70.9 Å². The van der Waals surface area contributed by atoms with Gasteiger partial charge < -0.3 is 40.8 Å². The number of phosphoric ester groups is 1. The fourth-order valence-corrected chi connectivity index (χ4v) is 6.48. The standard InChI is InChI=1S/C36H41F2N4O11PS/c1-2-51-54(49,50)52-15-14-40-33(46)9-5-4-8-32(45)39-12-6-3-7-13-41-36(55)42-21-10-11-22(23(16-21)35(47)48)34-24-17-26(37)28(43)19-30(24)53-31-20-29(44)27(38)18-25(31)34/h10-11,16-20,43H,2-9,12-15H2,1H3,(H,39,45)(H,40,46)(H,47,48)(H,49,50)(H2,41,42,55). The summed E-state index contributed by atoms with van der Waals surface area (Å²) in [5.41, 5.74) is -0.778. The molecule has 0 spiro atoms. The molecule has 1 aliphatic carbocycles. The number of amides is 2. The molecule has 1 aliphatic heterocycles. The van der Waals surface area contributed by atoms with Crippen LogP contribution in [0.1, 0.15) is 62.2 Å². The monoisotopic (exact) mass is 806 g/mol. The van der Waals surface area contributed by atoms with Crippen LogP contribution in [0.2, 0.25) is 0 Å². The number of nitrogens with one attached hydrogen (secondary N) is 4. The molecule has 4 rings (SSSR count). The van der Waals surface area contributed by atoms with Crippen molar-refractivity contribution in [3.8, 4) is 28.2 Å². The van der Waals surface area contributed by atoms with Crippen molar-refractivity contribution in [3.63, 3.8) is 0 Å². The van der Waals surface area contributed by atoms with Crippen molar-refractivity contribution < 1.29 is 56.3 Å². The molecule has 7 N–H and O–H groups in total. The van der Waals surface area contributed by atoms with Gasteiger partial charge in [0.05, 0.1) is 18.8 Å². The third-order valence-electron chi connectivity index (χ3n) is 8.11. The number of aromatic carboxylic acids is 1. The predicted octanol–water partition coefficient (Wildman–Crippen LogP) is 5.65. The quantitative estimate of drug-likeness (QED) is 0.0248. The minimum absolute atomic E-state index is 0.0208. The summed E-state index contributed by atoms with van der Waals surface area (Å²) in [7, 11) is -4.10. The van der Waals surface area contributed by atoms with E-state index in [1.165, 1.54) is 18.2 Å². The lowest BCUT2D eigenvalue weighted by molar-refractivity contribution is -0.123. The molecule has 1 heterocycles. The molecule has 19 heteroatoms. The number of hydrogen-bond donors (Lipinski definition) is 7. The number of unbranched alkanes of at least 4 members (excludes halogenated alkanes) is 3. The van der Waals surface area contributed by atoms with Gasteiger partial charge in [-0.3, -0.25) is 23.4 Å². The van der Waals surface area contributed by atoms with E-state index in [1.54, 1.807) is 6.92 Å². The second-order valence-electron chi connectivity index (χ2n) is 12.2. The van der Waals surface area contributed by atoms with Crippen molar-refractivity contribution in [2.24, 2.45) is 0 Å². The van der Waals surface area contributed by atoms with Gasteiger partial charge >= 0.3 is 13.8 Å². The summed E-state index contributed by atoms with van der Waals surface area (Å²) in [6.45, 7) is 2.41. The summed E-state index contributed by atoms with van der Waals surface area (Å²) in [6.07, 6.45) is 3.68. The van der Waals surface area contributed by atoms with Crippen LogP contribution in [0.3, 0.4) is 0 Å². The average molecular weight is 807 g/mol. The molecule has 0 fully saturated rings. The highest BCUT2D eigenvalue weighted by molar-refractivity contribution is 7.80. The summed E-state index contributed by atoms with van der Waals surface area (Å²) in [5.74, 6) is -4.70. The third-order valence-corrected chi connectivity index (χ3v) is 9.45. The summed E-state index contributed by atoms with van der Waals surface area (Å²) >= 11 is 5.37. The number of phenols is 1. The van der Waals surface area contributed by atoms with Gasteiger partial charge in [0.25, 0.3) is 0 Å². The maximum absolute atomic E-state index is 14.5. The van der Waals surface area contributed by atoms with Gasteiger partial charge in [-0.2, -0.15) is 0 Å². The SMILES string of the molecule is CCOP(=O)(O)OCCNC(=O)CCCCC(=O)NCCCCCNC(=S)Nc1ccc(-c2c3cc(F)c(=O)cc-3oc3cc(O)c(F)cc23)c(C(=O)O)c1. The van der Waals surface area contributed by atoms with Gasteiger partial charge in [-0.25, -0.2) is 18.1 Å². The van der Waals surface area contributed by atoms with E-state index in [0.717, 1.165) is 30.7 Å². The molecule has 0 aromatic heterocycles. The molecule has 2 amide bonds. The summed E-state index contributed by atoms with van der Waals surface area (Å²) in [6, 6.07) is 7.99. The second-order valence-corrected chi connectivity index (χ2v) is 14.1. The molecule has 1 unspecified atom stereocenters. The number of carboxylic acids is 1. The Morgan fingerprint density at radius 2 is 1.53 bits per heavy atom. The van der Waals surface area contributed by atoms with Crippen LogP contribution in [0.5, 0.6) is 5.75 Å². The molecule has 0 saturated heterocycles. The first kappa shape index (κ1) is 42.7. The summed E-state index contributed by atoms with van der Waals surface area (Å²) in [5, 5.41) is 31.7. The van der Waals surface area contributed by atoms with Crippen molar-refractivity contribution in [1.82, 2.24) is 16.0 Å².